The molecule has 0 aliphatic rings. The van der Waals surface area contributed by atoms with Gasteiger partial charge in [0, 0.05) is 13.5 Å². The zero-order valence-electron chi connectivity index (χ0n) is 11.4. The first-order chi connectivity index (χ1) is 7.60. The zero-order chi connectivity index (χ0) is 12.4. The zero-order valence-corrected chi connectivity index (χ0v) is 11.4. The molecular weight excluding hydrogens is 196 g/mol. The van der Waals surface area contributed by atoms with Gasteiger partial charge in [-0.1, -0.05) is 46.0 Å². The maximum atomic E-state index is 5.08. The molecule has 0 aromatic heterocycles. The average molecular weight is 223 g/mol. The van der Waals surface area contributed by atoms with Crippen molar-refractivity contribution in [1.82, 2.24) is 0 Å². The van der Waals surface area contributed by atoms with Crippen LogP contribution in [0, 0.1) is 30.6 Å². The van der Waals surface area contributed by atoms with Gasteiger partial charge in [-0.15, -0.1) is 5.92 Å². The number of hydrogen-bond donors (Lipinski definition) is 0. The maximum absolute atomic E-state index is 5.08. The molecule has 1 nitrogen and oxygen atoms in total. The van der Waals surface area contributed by atoms with Crippen LogP contribution in [0.2, 0.25) is 0 Å². The van der Waals surface area contributed by atoms with Gasteiger partial charge in [-0.25, -0.2) is 0 Å². The molecular formula is C15H27O. The molecule has 0 rings (SSSR count). The van der Waals surface area contributed by atoms with E-state index >= 15 is 0 Å². The minimum Gasteiger partial charge on any atom is -0.369 e. The van der Waals surface area contributed by atoms with E-state index in [9.17, 15) is 0 Å². The van der Waals surface area contributed by atoms with E-state index < -0.39 is 0 Å². The fourth-order valence-electron chi connectivity index (χ4n) is 1.50. The van der Waals surface area contributed by atoms with E-state index in [1.807, 2.05) is 6.92 Å². The van der Waals surface area contributed by atoms with Crippen LogP contribution >= 0.6 is 0 Å². The first-order valence-electron chi connectivity index (χ1n) is 6.40. The van der Waals surface area contributed by atoms with Crippen LogP contribution in [0.1, 0.15) is 52.9 Å². The van der Waals surface area contributed by atoms with E-state index in [1.165, 1.54) is 19.3 Å². The summed E-state index contributed by atoms with van der Waals surface area (Å²) in [6.07, 6.45) is 6.00. The molecule has 0 aliphatic heterocycles. The highest BCUT2D eigenvalue weighted by Gasteiger charge is 2.03. The monoisotopic (exact) mass is 223 g/mol. The van der Waals surface area contributed by atoms with Gasteiger partial charge in [-0.3, -0.25) is 0 Å². The van der Waals surface area contributed by atoms with Gasteiger partial charge in [-0.05, 0) is 25.2 Å². The Balaban J connectivity index is 3.57. The fourth-order valence-corrected chi connectivity index (χ4v) is 1.50. The Morgan fingerprint density at radius 3 is 2.31 bits per heavy atom. The Morgan fingerprint density at radius 1 is 1.12 bits per heavy atom. The molecule has 0 bridgehead atoms. The number of methoxy groups -OCH3 is 1. The van der Waals surface area contributed by atoms with Gasteiger partial charge < -0.3 is 4.74 Å². The van der Waals surface area contributed by atoms with Gasteiger partial charge in [-0.2, -0.15) is 0 Å². The summed E-state index contributed by atoms with van der Waals surface area (Å²) in [5.74, 6) is 7.76. The summed E-state index contributed by atoms with van der Waals surface area (Å²) in [6.45, 7) is 10.5. The summed E-state index contributed by atoms with van der Waals surface area (Å²) in [5.41, 5.74) is 0. The second-order valence-corrected chi connectivity index (χ2v) is 4.83. The first-order valence-corrected chi connectivity index (χ1v) is 6.40. The van der Waals surface area contributed by atoms with E-state index in [0.29, 0.717) is 5.92 Å². The number of rotatable bonds is 7. The van der Waals surface area contributed by atoms with Crippen LogP contribution in [-0.2, 0) is 4.74 Å². The molecule has 93 valence electrons. The third-order valence-corrected chi connectivity index (χ3v) is 3.00. The van der Waals surface area contributed by atoms with Crippen molar-refractivity contribution in [2.24, 2.45) is 11.8 Å². The first kappa shape index (κ1) is 15.5. The molecule has 0 aromatic carbocycles. The third-order valence-electron chi connectivity index (χ3n) is 3.00. The lowest BCUT2D eigenvalue weighted by molar-refractivity contribution is 0.163. The highest BCUT2D eigenvalue weighted by atomic mass is 16.5. The van der Waals surface area contributed by atoms with Crippen LogP contribution < -0.4 is 0 Å². The second-order valence-electron chi connectivity index (χ2n) is 4.83. The highest BCUT2D eigenvalue weighted by Crippen LogP contribution is 2.16. The van der Waals surface area contributed by atoms with Gasteiger partial charge >= 0.3 is 0 Å². The highest BCUT2D eigenvalue weighted by molar-refractivity contribution is 5.04. The molecule has 3 unspecified atom stereocenters. The molecule has 0 aromatic rings. The van der Waals surface area contributed by atoms with Crippen molar-refractivity contribution in [2.75, 3.05) is 7.11 Å². The van der Waals surface area contributed by atoms with Crippen molar-refractivity contribution in [3.8, 4) is 11.8 Å². The van der Waals surface area contributed by atoms with E-state index in [1.54, 1.807) is 7.11 Å². The second kappa shape index (κ2) is 9.73. The Kier molecular flexibility index (Phi) is 9.43. The summed E-state index contributed by atoms with van der Waals surface area (Å²) in [5, 5.41) is 0. The van der Waals surface area contributed by atoms with Gasteiger partial charge in [0.1, 0.15) is 6.10 Å². The van der Waals surface area contributed by atoms with Gasteiger partial charge in [0.25, 0.3) is 0 Å². The Labute approximate surface area is 102 Å². The summed E-state index contributed by atoms with van der Waals surface area (Å²) in [4.78, 5) is 0. The molecule has 3 atom stereocenters. The number of ether oxygens (including phenoxy) is 1. The van der Waals surface area contributed by atoms with E-state index in [0.717, 1.165) is 18.8 Å². The Morgan fingerprint density at radius 2 is 1.75 bits per heavy atom. The minimum absolute atomic E-state index is 0.0680. The average Bonchev–Trinajstić information content (AvgIpc) is 2.28. The SMILES string of the molecule is [CH2]CC(C)CCCC(C)CC#CC(C)OC. The Bertz CT molecular complexity index is 211. The normalized spacial score (nSPS) is 16.1. The lowest BCUT2D eigenvalue weighted by atomic mass is 9.95. The molecule has 1 radical (unpaired) electrons. The fraction of sp³-hybridized carbons (Fsp3) is 0.800. The van der Waals surface area contributed by atoms with Crippen LogP contribution in [0.3, 0.4) is 0 Å². The Hall–Kier alpha value is -0.480. The van der Waals surface area contributed by atoms with E-state index in [4.69, 9.17) is 4.74 Å². The van der Waals surface area contributed by atoms with Crippen molar-refractivity contribution < 1.29 is 4.74 Å². The summed E-state index contributed by atoms with van der Waals surface area (Å²) in [7, 11) is 1.70. The van der Waals surface area contributed by atoms with Crippen molar-refractivity contribution in [3.05, 3.63) is 6.92 Å². The molecule has 0 saturated carbocycles. The summed E-state index contributed by atoms with van der Waals surface area (Å²) >= 11 is 0. The molecule has 0 heterocycles. The van der Waals surface area contributed by atoms with Crippen LogP contribution in [0.4, 0.5) is 0 Å². The summed E-state index contributed by atoms with van der Waals surface area (Å²) < 4.78 is 5.08. The van der Waals surface area contributed by atoms with Gasteiger partial charge in [0.15, 0.2) is 0 Å². The molecule has 0 N–H and O–H groups in total. The molecule has 1 heteroatoms. The van der Waals surface area contributed by atoms with Crippen molar-refractivity contribution >= 4 is 0 Å². The maximum Gasteiger partial charge on any atom is 0.115 e. The predicted octanol–water partition coefficient (Wildman–Crippen LogP) is 4.08. The van der Waals surface area contributed by atoms with Crippen molar-refractivity contribution in [3.63, 3.8) is 0 Å². The molecule has 0 spiro atoms. The van der Waals surface area contributed by atoms with E-state index in [2.05, 4.69) is 32.6 Å². The van der Waals surface area contributed by atoms with Crippen LogP contribution in [-0.4, -0.2) is 13.2 Å². The molecule has 0 amide bonds. The molecule has 0 saturated heterocycles. The predicted molar refractivity (Wildman–Crippen MR) is 71.0 cm³/mol. The standard InChI is InChI=1S/C15H27O/c1-6-13(2)9-7-10-14(3)11-8-12-15(4)16-5/h13-15H,1,6-7,9-11H2,2-5H3. The van der Waals surface area contributed by atoms with E-state index in [-0.39, 0.29) is 6.10 Å². The van der Waals surface area contributed by atoms with Gasteiger partial charge in [0.05, 0.1) is 0 Å². The quantitative estimate of drug-likeness (QED) is 0.591. The molecule has 0 aliphatic carbocycles. The molecule has 0 fully saturated rings. The van der Waals surface area contributed by atoms with Crippen molar-refractivity contribution in [1.29, 1.82) is 0 Å². The lowest BCUT2D eigenvalue weighted by Crippen LogP contribution is -2.01. The summed E-state index contributed by atoms with van der Waals surface area (Å²) in [6, 6.07) is 0. The minimum atomic E-state index is 0.0680. The molecule has 16 heavy (non-hydrogen) atoms. The lowest BCUT2D eigenvalue weighted by Gasteiger charge is -2.10. The van der Waals surface area contributed by atoms with Crippen LogP contribution in [0.25, 0.3) is 0 Å². The van der Waals surface area contributed by atoms with Gasteiger partial charge in [0.2, 0.25) is 0 Å². The third kappa shape index (κ3) is 8.80. The smallest absolute Gasteiger partial charge is 0.115 e. The number of hydrogen-bond acceptors (Lipinski definition) is 1. The van der Waals surface area contributed by atoms with Crippen molar-refractivity contribution in [2.45, 2.75) is 59.0 Å². The van der Waals surface area contributed by atoms with Crippen LogP contribution in [0.5, 0.6) is 0 Å². The van der Waals surface area contributed by atoms with Crippen LogP contribution in [0.15, 0.2) is 0 Å². The topological polar surface area (TPSA) is 9.23 Å². The largest absolute Gasteiger partial charge is 0.369 e.